The molecule has 106 valence electrons. The first-order valence-corrected chi connectivity index (χ1v) is 6.74. The third-order valence-electron chi connectivity index (χ3n) is 3.25. The predicted molar refractivity (Wildman–Crippen MR) is 79.7 cm³/mol. The van der Waals surface area contributed by atoms with Crippen molar-refractivity contribution in [3.05, 3.63) is 47.4 Å². The van der Waals surface area contributed by atoms with E-state index in [0.29, 0.717) is 19.6 Å². The standard InChI is InChI=1S/C15H19N3O2/c1-3-10-16-14(19)9-11-18-13-8-6-5-7-12(13)17(4-2)15(18)20/h3,5-8H,1,4,9-11H2,2H3,(H,16,19). The predicted octanol–water partition coefficient (Wildman–Crippen LogP) is 1.52. The number of carbonyl (C=O) groups is 1. The van der Waals surface area contributed by atoms with E-state index in [9.17, 15) is 9.59 Å². The summed E-state index contributed by atoms with van der Waals surface area (Å²) in [5.41, 5.74) is 1.72. The maximum Gasteiger partial charge on any atom is 0.329 e. The lowest BCUT2D eigenvalue weighted by Crippen LogP contribution is -2.28. The van der Waals surface area contributed by atoms with E-state index in [2.05, 4.69) is 11.9 Å². The zero-order chi connectivity index (χ0) is 14.5. The van der Waals surface area contributed by atoms with Gasteiger partial charge in [0.2, 0.25) is 5.91 Å². The van der Waals surface area contributed by atoms with Gasteiger partial charge < -0.3 is 5.32 Å². The number of fused-ring (bicyclic) bond motifs is 1. The molecule has 1 amide bonds. The van der Waals surface area contributed by atoms with E-state index < -0.39 is 0 Å². The highest BCUT2D eigenvalue weighted by Crippen LogP contribution is 2.12. The van der Waals surface area contributed by atoms with Crippen molar-refractivity contribution in [2.24, 2.45) is 0 Å². The first kappa shape index (κ1) is 14.1. The number of imidazole rings is 1. The smallest absolute Gasteiger partial charge is 0.329 e. The van der Waals surface area contributed by atoms with E-state index >= 15 is 0 Å². The van der Waals surface area contributed by atoms with Crippen LogP contribution in [0.4, 0.5) is 0 Å². The van der Waals surface area contributed by atoms with Crippen LogP contribution in [0.3, 0.4) is 0 Å². The Morgan fingerprint density at radius 1 is 1.30 bits per heavy atom. The molecule has 1 aromatic carbocycles. The van der Waals surface area contributed by atoms with Crippen LogP contribution in [-0.2, 0) is 17.9 Å². The Hall–Kier alpha value is -2.30. The van der Waals surface area contributed by atoms with Crippen molar-refractivity contribution < 1.29 is 4.79 Å². The number of carbonyl (C=O) groups excluding carboxylic acids is 1. The summed E-state index contributed by atoms with van der Waals surface area (Å²) < 4.78 is 3.38. The molecule has 0 radical (unpaired) electrons. The van der Waals surface area contributed by atoms with Crippen LogP contribution in [0.5, 0.6) is 0 Å². The summed E-state index contributed by atoms with van der Waals surface area (Å²) in [6.07, 6.45) is 1.92. The average Bonchev–Trinajstić information content (AvgIpc) is 2.74. The van der Waals surface area contributed by atoms with E-state index in [4.69, 9.17) is 0 Å². The van der Waals surface area contributed by atoms with Gasteiger partial charge in [0.1, 0.15) is 0 Å². The minimum Gasteiger partial charge on any atom is -0.353 e. The monoisotopic (exact) mass is 273 g/mol. The molecule has 2 aromatic rings. The lowest BCUT2D eigenvalue weighted by molar-refractivity contribution is -0.121. The number of hydrogen-bond acceptors (Lipinski definition) is 2. The summed E-state index contributed by atoms with van der Waals surface area (Å²) in [6, 6.07) is 7.64. The molecule has 0 atom stereocenters. The molecule has 0 bridgehead atoms. The quantitative estimate of drug-likeness (QED) is 0.811. The third kappa shape index (κ3) is 2.66. The van der Waals surface area contributed by atoms with Crippen molar-refractivity contribution in [2.75, 3.05) is 6.54 Å². The Bertz CT molecular complexity index is 682. The number of para-hydroxylation sites is 2. The number of rotatable bonds is 6. The van der Waals surface area contributed by atoms with Crippen LogP contribution >= 0.6 is 0 Å². The van der Waals surface area contributed by atoms with Crippen molar-refractivity contribution in [3.8, 4) is 0 Å². The van der Waals surface area contributed by atoms with Gasteiger partial charge in [0.15, 0.2) is 0 Å². The van der Waals surface area contributed by atoms with Gasteiger partial charge in [0, 0.05) is 26.1 Å². The van der Waals surface area contributed by atoms with Crippen LogP contribution in [0.25, 0.3) is 11.0 Å². The van der Waals surface area contributed by atoms with Crippen molar-refractivity contribution in [1.82, 2.24) is 14.5 Å². The molecule has 1 N–H and O–H groups in total. The number of hydrogen-bond donors (Lipinski definition) is 1. The molecule has 1 heterocycles. The van der Waals surface area contributed by atoms with Gasteiger partial charge in [0.05, 0.1) is 11.0 Å². The molecule has 1 aromatic heterocycles. The fourth-order valence-corrected chi connectivity index (χ4v) is 2.28. The summed E-state index contributed by atoms with van der Waals surface area (Å²) in [7, 11) is 0. The van der Waals surface area contributed by atoms with Crippen LogP contribution in [0, 0.1) is 0 Å². The van der Waals surface area contributed by atoms with Gasteiger partial charge in [-0.1, -0.05) is 18.2 Å². The molecule has 0 aliphatic heterocycles. The Balaban J connectivity index is 2.26. The van der Waals surface area contributed by atoms with Crippen LogP contribution in [-0.4, -0.2) is 21.6 Å². The molecule has 0 fully saturated rings. The molecular formula is C15H19N3O2. The summed E-state index contributed by atoms with van der Waals surface area (Å²) in [5, 5.41) is 2.71. The average molecular weight is 273 g/mol. The van der Waals surface area contributed by atoms with E-state index in [0.717, 1.165) is 11.0 Å². The highest BCUT2D eigenvalue weighted by Gasteiger charge is 2.12. The number of nitrogens with one attached hydrogen (secondary N) is 1. The van der Waals surface area contributed by atoms with Crippen LogP contribution in [0.15, 0.2) is 41.7 Å². The van der Waals surface area contributed by atoms with Gasteiger partial charge in [-0.2, -0.15) is 0 Å². The number of aromatic nitrogens is 2. The van der Waals surface area contributed by atoms with Gasteiger partial charge >= 0.3 is 5.69 Å². The molecule has 0 unspecified atom stereocenters. The van der Waals surface area contributed by atoms with Crippen molar-refractivity contribution in [1.29, 1.82) is 0 Å². The number of amides is 1. The van der Waals surface area contributed by atoms with Crippen molar-refractivity contribution >= 4 is 16.9 Å². The van der Waals surface area contributed by atoms with Gasteiger partial charge in [-0.15, -0.1) is 6.58 Å². The minimum absolute atomic E-state index is 0.0646. The van der Waals surface area contributed by atoms with Gasteiger partial charge in [0.25, 0.3) is 0 Å². The molecule has 20 heavy (non-hydrogen) atoms. The molecule has 0 aliphatic carbocycles. The third-order valence-corrected chi connectivity index (χ3v) is 3.25. The Morgan fingerprint density at radius 2 is 1.95 bits per heavy atom. The fraction of sp³-hybridized carbons (Fsp3) is 0.333. The molecule has 0 spiro atoms. The molecule has 0 saturated carbocycles. The Labute approximate surface area is 117 Å². The minimum atomic E-state index is -0.0786. The van der Waals surface area contributed by atoms with E-state index in [1.807, 2.05) is 31.2 Å². The SMILES string of the molecule is C=CCNC(=O)CCn1c(=O)n(CC)c2ccccc21. The number of benzene rings is 1. The Kier molecular flexibility index (Phi) is 4.40. The Morgan fingerprint density at radius 3 is 2.55 bits per heavy atom. The summed E-state index contributed by atoms with van der Waals surface area (Å²) in [4.78, 5) is 23.9. The van der Waals surface area contributed by atoms with E-state index in [1.165, 1.54) is 0 Å². The van der Waals surface area contributed by atoms with E-state index in [-0.39, 0.29) is 18.0 Å². The summed E-state index contributed by atoms with van der Waals surface area (Å²) >= 11 is 0. The second-order valence-corrected chi connectivity index (χ2v) is 4.51. The summed E-state index contributed by atoms with van der Waals surface area (Å²) in [6.45, 7) is 6.94. The highest BCUT2D eigenvalue weighted by molar-refractivity contribution is 5.78. The van der Waals surface area contributed by atoms with Crippen molar-refractivity contribution in [2.45, 2.75) is 26.4 Å². The van der Waals surface area contributed by atoms with Crippen LogP contribution in [0.1, 0.15) is 13.3 Å². The lowest BCUT2D eigenvalue weighted by atomic mass is 10.3. The maximum absolute atomic E-state index is 12.3. The molecule has 0 aliphatic rings. The maximum atomic E-state index is 12.3. The topological polar surface area (TPSA) is 56.0 Å². The first-order valence-electron chi connectivity index (χ1n) is 6.74. The second kappa shape index (κ2) is 6.23. The molecule has 5 nitrogen and oxygen atoms in total. The molecule has 5 heteroatoms. The number of aryl methyl sites for hydroxylation is 2. The molecular weight excluding hydrogens is 254 g/mol. The normalized spacial score (nSPS) is 10.7. The second-order valence-electron chi connectivity index (χ2n) is 4.51. The van der Waals surface area contributed by atoms with E-state index in [1.54, 1.807) is 15.2 Å². The number of nitrogens with zero attached hydrogens (tertiary/aromatic N) is 2. The zero-order valence-electron chi connectivity index (χ0n) is 11.6. The lowest BCUT2D eigenvalue weighted by Gasteiger charge is -2.04. The van der Waals surface area contributed by atoms with Crippen molar-refractivity contribution in [3.63, 3.8) is 0 Å². The van der Waals surface area contributed by atoms with Gasteiger partial charge in [-0.05, 0) is 19.1 Å². The molecule has 0 saturated heterocycles. The largest absolute Gasteiger partial charge is 0.353 e. The van der Waals surface area contributed by atoms with Crippen LogP contribution in [0.2, 0.25) is 0 Å². The van der Waals surface area contributed by atoms with Gasteiger partial charge in [-0.25, -0.2) is 4.79 Å². The fourth-order valence-electron chi connectivity index (χ4n) is 2.28. The zero-order valence-corrected chi connectivity index (χ0v) is 11.6. The first-order chi connectivity index (χ1) is 9.69. The molecule has 2 rings (SSSR count). The van der Waals surface area contributed by atoms with Crippen LogP contribution < -0.4 is 11.0 Å². The summed E-state index contributed by atoms with van der Waals surface area (Å²) in [5.74, 6) is -0.0786. The van der Waals surface area contributed by atoms with Gasteiger partial charge in [-0.3, -0.25) is 13.9 Å². The highest BCUT2D eigenvalue weighted by atomic mass is 16.2.